The third-order valence-electron chi connectivity index (χ3n) is 1.36. The van der Waals surface area contributed by atoms with Gasteiger partial charge in [0.25, 0.3) is 0 Å². The molecule has 0 bridgehead atoms. The Morgan fingerprint density at radius 3 is 3.00 bits per heavy atom. The van der Waals surface area contributed by atoms with Crippen molar-refractivity contribution in [2.24, 2.45) is 0 Å². The first kappa shape index (κ1) is 9.35. The summed E-state index contributed by atoms with van der Waals surface area (Å²) < 4.78 is 0.726. The van der Waals surface area contributed by atoms with Crippen molar-refractivity contribution in [3.8, 4) is 0 Å². The topological polar surface area (TPSA) is 39.6 Å². The molecular weight excluding hydrogens is 188 g/mol. The predicted octanol–water partition coefficient (Wildman–Crippen LogP) is 3.23. The molecule has 0 spiro atoms. The van der Waals surface area contributed by atoms with E-state index in [0.29, 0.717) is 0 Å². The highest BCUT2D eigenvalue weighted by Gasteiger charge is 1.98. The molecule has 64 valence electrons. The summed E-state index contributed by atoms with van der Waals surface area (Å²) in [6.07, 6.45) is 6.33. The third kappa shape index (κ3) is 2.12. The zero-order valence-electron chi connectivity index (χ0n) is 6.76. The van der Waals surface area contributed by atoms with Gasteiger partial charge in [-0.15, -0.1) is 11.3 Å². The standard InChI is InChI=1S/C8H10N2S2/c1-2-3-4-6-7(5-9)12-8(11)10-6/h3-5,9H,2H2,1H3,(H,10,11)/b4-3-,9-5?. The van der Waals surface area contributed by atoms with E-state index in [1.165, 1.54) is 17.6 Å². The number of thiazole rings is 1. The fourth-order valence-electron chi connectivity index (χ4n) is 0.819. The van der Waals surface area contributed by atoms with Gasteiger partial charge in [0.1, 0.15) is 0 Å². The maximum absolute atomic E-state index is 7.12. The fraction of sp³-hybridized carbons (Fsp3) is 0.250. The maximum Gasteiger partial charge on any atom is 0.159 e. The highest BCUT2D eigenvalue weighted by Crippen LogP contribution is 2.14. The molecule has 0 aliphatic rings. The number of hydrogen-bond donors (Lipinski definition) is 2. The minimum Gasteiger partial charge on any atom is -0.337 e. The van der Waals surface area contributed by atoms with Gasteiger partial charge >= 0.3 is 0 Å². The Balaban J connectivity index is 3.04. The Bertz CT molecular complexity index is 346. The first-order chi connectivity index (χ1) is 5.77. The molecule has 0 aromatic carbocycles. The lowest BCUT2D eigenvalue weighted by molar-refractivity contribution is 1.23. The number of hydrogen-bond acceptors (Lipinski definition) is 3. The second-order valence-corrected chi connectivity index (χ2v) is 3.97. The van der Waals surface area contributed by atoms with Crippen LogP contribution in [0.1, 0.15) is 23.9 Å². The van der Waals surface area contributed by atoms with Gasteiger partial charge in [-0.1, -0.05) is 13.0 Å². The molecule has 1 aromatic rings. The van der Waals surface area contributed by atoms with Gasteiger partial charge in [0.05, 0.1) is 10.6 Å². The summed E-state index contributed by atoms with van der Waals surface area (Å²) in [4.78, 5) is 3.92. The summed E-state index contributed by atoms with van der Waals surface area (Å²) in [5.41, 5.74) is 0.946. The Kier molecular flexibility index (Phi) is 3.37. The molecule has 1 aromatic heterocycles. The number of aromatic amines is 1. The van der Waals surface area contributed by atoms with Crippen LogP contribution in [0.5, 0.6) is 0 Å². The minimum absolute atomic E-state index is 0.726. The molecule has 0 saturated heterocycles. The molecule has 0 unspecified atom stereocenters. The summed E-state index contributed by atoms with van der Waals surface area (Å²) in [6, 6.07) is 0. The normalized spacial score (nSPS) is 10.8. The van der Waals surface area contributed by atoms with Crippen LogP contribution in [0.25, 0.3) is 6.08 Å². The Labute approximate surface area is 80.5 Å². The average Bonchev–Trinajstić information content (AvgIpc) is 2.42. The number of nitrogens with one attached hydrogen (secondary N) is 2. The van der Waals surface area contributed by atoms with Crippen LogP contribution in [0.2, 0.25) is 0 Å². The van der Waals surface area contributed by atoms with E-state index in [1.807, 2.05) is 12.2 Å². The van der Waals surface area contributed by atoms with E-state index in [0.717, 1.165) is 20.9 Å². The molecule has 0 fully saturated rings. The minimum atomic E-state index is 0.726. The van der Waals surface area contributed by atoms with E-state index < -0.39 is 0 Å². The number of H-pyrrole nitrogens is 1. The van der Waals surface area contributed by atoms with Crippen LogP contribution in [0.4, 0.5) is 0 Å². The zero-order chi connectivity index (χ0) is 8.97. The van der Waals surface area contributed by atoms with Gasteiger partial charge in [-0.2, -0.15) is 0 Å². The second-order valence-electron chi connectivity index (χ2n) is 2.25. The van der Waals surface area contributed by atoms with Gasteiger partial charge in [0.2, 0.25) is 0 Å². The molecular formula is C8H10N2S2. The van der Waals surface area contributed by atoms with Gasteiger partial charge < -0.3 is 10.4 Å². The van der Waals surface area contributed by atoms with Crippen LogP contribution in [0.15, 0.2) is 6.08 Å². The van der Waals surface area contributed by atoms with E-state index in [-0.39, 0.29) is 0 Å². The van der Waals surface area contributed by atoms with Gasteiger partial charge in [-0.05, 0) is 24.7 Å². The third-order valence-corrected chi connectivity index (χ3v) is 2.55. The van der Waals surface area contributed by atoms with Crippen LogP contribution < -0.4 is 0 Å². The summed E-state index contributed by atoms with van der Waals surface area (Å²) in [5, 5.41) is 7.12. The van der Waals surface area contributed by atoms with Gasteiger partial charge in [0.15, 0.2) is 3.95 Å². The van der Waals surface area contributed by atoms with Gasteiger partial charge in [-0.25, -0.2) is 0 Å². The lowest BCUT2D eigenvalue weighted by atomic mass is 10.3. The van der Waals surface area contributed by atoms with E-state index in [1.54, 1.807) is 0 Å². The Morgan fingerprint density at radius 1 is 1.67 bits per heavy atom. The van der Waals surface area contributed by atoms with Crippen LogP contribution in [0.3, 0.4) is 0 Å². The zero-order valence-corrected chi connectivity index (χ0v) is 8.39. The van der Waals surface area contributed by atoms with Crippen molar-refractivity contribution in [1.29, 1.82) is 5.41 Å². The predicted molar refractivity (Wildman–Crippen MR) is 56.7 cm³/mol. The van der Waals surface area contributed by atoms with Crippen molar-refractivity contribution in [3.63, 3.8) is 0 Å². The fourth-order valence-corrected chi connectivity index (χ4v) is 1.85. The van der Waals surface area contributed by atoms with E-state index in [4.69, 9.17) is 17.6 Å². The van der Waals surface area contributed by atoms with E-state index in [2.05, 4.69) is 11.9 Å². The molecule has 1 heterocycles. The van der Waals surface area contributed by atoms with E-state index >= 15 is 0 Å². The van der Waals surface area contributed by atoms with Crippen molar-refractivity contribution >= 4 is 35.8 Å². The first-order valence-corrected chi connectivity index (χ1v) is 4.90. The summed E-state index contributed by atoms with van der Waals surface area (Å²) in [5.74, 6) is 0. The molecule has 1 rings (SSSR count). The maximum atomic E-state index is 7.12. The van der Waals surface area contributed by atoms with Crippen molar-refractivity contribution < 1.29 is 0 Å². The molecule has 4 heteroatoms. The molecule has 0 aliphatic heterocycles. The van der Waals surface area contributed by atoms with Crippen molar-refractivity contribution in [1.82, 2.24) is 4.98 Å². The summed E-state index contributed by atoms with van der Waals surface area (Å²) >= 11 is 6.39. The molecule has 0 atom stereocenters. The highest BCUT2D eigenvalue weighted by atomic mass is 32.1. The average molecular weight is 198 g/mol. The van der Waals surface area contributed by atoms with E-state index in [9.17, 15) is 0 Å². The molecule has 12 heavy (non-hydrogen) atoms. The quantitative estimate of drug-likeness (QED) is 0.568. The second kappa shape index (κ2) is 4.33. The smallest absolute Gasteiger partial charge is 0.159 e. The molecule has 0 amide bonds. The Hall–Kier alpha value is -0.740. The monoisotopic (exact) mass is 198 g/mol. The van der Waals surface area contributed by atoms with Crippen molar-refractivity contribution in [2.75, 3.05) is 0 Å². The molecule has 2 nitrogen and oxygen atoms in total. The van der Waals surface area contributed by atoms with Gasteiger partial charge in [-0.3, -0.25) is 0 Å². The Morgan fingerprint density at radius 2 is 2.42 bits per heavy atom. The number of allylic oxidation sites excluding steroid dienone is 1. The summed E-state index contributed by atoms with van der Waals surface area (Å²) in [7, 11) is 0. The van der Waals surface area contributed by atoms with Crippen molar-refractivity contribution in [2.45, 2.75) is 13.3 Å². The SMILES string of the molecule is CC/C=C\c1[nH]c(=S)sc1C=N. The molecule has 0 saturated carbocycles. The lowest BCUT2D eigenvalue weighted by Gasteiger charge is -1.86. The van der Waals surface area contributed by atoms with Gasteiger partial charge in [0, 0.05) is 6.21 Å². The molecule has 2 N–H and O–H groups in total. The molecule has 0 radical (unpaired) electrons. The number of aromatic nitrogens is 1. The van der Waals surface area contributed by atoms with Crippen LogP contribution in [-0.2, 0) is 0 Å². The van der Waals surface area contributed by atoms with Crippen LogP contribution >= 0.6 is 23.6 Å². The largest absolute Gasteiger partial charge is 0.337 e. The van der Waals surface area contributed by atoms with Crippen LogP contribution in [0, 0.1) is 9.36 Å². The number of rotatable bonds is 3. The first-order valence-electron chi connectivity index (χ1n) is 3.68. The molecule has 0 aliphatic carbocycles. The highest BCUT2D eigenvalue weighted by molar-refractivity contribution is 7.73. The van der Waals surface area contributed by atoms with Crippen LogP contribution in [-0.4, -0.2) is 11.2 Å². The summed E-state index contributed by atoms with van der Waals surface area (Å²) in [6.45, 7) is 2.07. The lowest BCUT2D eigenvalue weighted by Crippen LogP contribution is -1.78. The van der Waals surface area contributed by atoms with Crippen molar-refractivity contribution in [3.05, 3.63) is 20.6 Å².